The largest absolute Gasteiger partial charge is 0.395 e. The highest BCUT2D eigenvalue weighted by Crippen LogP contribution is 2.48. The maximum Gasteiger partial charge on any atom is 0.264 e. The molecular weight excluding hydrogens is 674 g/mol. The molecule has 2 unspecified atom stereocenters. The summed E-state index contributed by atoms with van der Waals surface area (Å²) in [7, 11) is -2.24. The van der Waals surface area contributed by atoms with E-state index in [2.05, 4.69) is 27.1 Å². The Morgan fingerprint density at radius 1 is 1.02 bits per heavy atom. The van der Waals surface area contributed by atoms with Crippen molar-refractivity contribution in [2.24, 2.45) is 17.8 Å². The second-order valence-corrected chi connectivity index (χ2v) is 18.2. The van der Waals surface area contributed by atoms with Crippen LogP contribution >= 0.6 is 11.6 Å². The lowest BCUT2D eigenvalue weighted by molar-refractivity contribution is -0.0225. The smallest absolute Gasteiger partial charge is 0.264 e. The number of nitrogens with zero attached hydrogens (tertiary/aromatic N) is 1. The maximum absolute atomic E-state index is 14.2. The molecule has 2 fully saturated rings. The van der Waals surface area contributed by atoms with Crippen molar-refractivity contribution < 1.29 is 27.8 Å². The van der Waals surface area contributed by atoms with Crippen molar-refractivity contribution in [3.8, 4) is 0 Å². The number of sulfonamides is 1. The fourth-order valence-corrected chi connectivity index (χ4v) is 11.9. The van der Waals surface area contributed by atoms with Crippen LogP contribution in [0.5, 0.6) is 0 Å². The van der Waals surface area contributed by atoms with Gasteiger partial charge in [0, 0.05) is 47.9 Å². The van der Waals surface area contributed by atoms with Gasteiger partial charge in [-0.3, -0.25) is 4.79 Å². The molecule has 2 aliphatic carbocycles. The highest BCUT2D eigenvalue weighted by atomic mass is 35.5. The molecule has 2 bridgehead atoms. The van der Waals surface area contributed by atoms with Crippen molar-refractivity contribution >= 4 is 33.2 Å². The van der Waals surface area contributed by atoms with E-state index in [0.717, 1.165) is 81.6 Å². The number of hydrogen-bond donors (Lipinski definition) is 3. The maximum atomic E-state index is 14.2. The number of ether oxygens (including phenoxy) is 2. The fraction of sp³-hybridized carbons (Fsp3) is 0.667. The molecule has 1 amide bonds. The summed E-state index contributed by atoms with van der Waals surface area (Å²) in [5.41, 5.74) is 5.33. The summed E-state index contributed by atoms with van der Waals surface area (Å²) in [5, 5.41) is 13.1. The van der Waals surface area contributed by atoms with Crippen LogP contribution in [0.1, 0.15) is 91.8 Å². The van der Waals surface area contributed by atoms with Crippen LogP contribution in [-0.4, -0.2) is 82.9 Å². The van der Waals surface area contributed by atoms with Gasteiger partial charge in [-0.15, -0.1) is 0 Å². The number of fused-ring (bicyclic) bond motifs is 4. The lowest BCUT2D eigenvalue weighted by Gasteiger charge is -2.47. The number of aliphatic hydroxyl groups excluding tert-OH is 1. The van der Waals surface area contributed by atoms with Gasteiger partial charge in [0.05, 0.1) is 37.2 Å². The third kappa shape index (κ3) is 7.35. The zero-order valence-electron chi connectivity index (χ0n) is 29.5. The topological polar surface area (TPSA) is 117 Å². The molecule has 8 atom stereocenters. The van der Waals surface area contributed by atoms with Crippen molar-refractivity contribution in [1.29, 1.82) is 0 Å². The first kappa shape index (κ1) is 36.2. The Morgan fingerprint density at radius 2 is 1.86 bits per heavy atom. The first-order valence-electron chi connectivity index (χ1n) is 18.8. The van der Waals surface area contributed by atoms with Gasteiger partial charge in [-0.25, -0.2) is 13.1 Å². The SMILES string of the molecule is COC1CCC[C@H](C)[C@@H](CC2COC[C@@H](CO)N2)S(=O)(=O)NC(=O)c2ccc3c(c2)N(C[C@@H]2CC[C@@H]12)C[C@@]1(CCCc2cc(Cl)ccc21)CC3. The molecule has 1 spiro atoms. The molecule has 0 radical (unpaired) electrons. The van der Waals surface area contributed by atoms with E-state index < -0.39 is 21.2 Å². The number of halogens is 1. The van der Waals surface area contributed by atoms with E-state index in [1.54, 1.807) is 6.07 Å². The molecule has 3 aliphatic heterocycles. The zero-order valence-corrected chi connectivity index (χ0v) is 31.1. The van der Waals surface area contributed by atoms with Crippen molar-refractivity contribution in [1.82, 2.24) is 10.0 Å². The van der Waals surface area contributed by atoms with E-state index in [4.69, 9.17) is 21.1 Å². The van der Waals surface area contributed by atoms with Gasteiger partial charge in [0.15, 0.2) is 0 Å². The van der Waals surface area contributed by atoms with Crippen molar-refractivity contribution in [3.05, 3.63) is 63.7 Å². The number of aryl methyl sites for hydroxylation is 2. The number of aliphatic hydroxyl groups is 1. The molecule has 2 aromatic rings. The lowest BCUT2D eigenvalue weighted by Crippen LogP contribution is -2.53. The second kappa shape index (κ2) is 15.0. The molecule has 11 heteroatoms. The molecule has 2 aromatic carbocycles. The van der Waals surface area contributed by atoms with Crippen LogP contribution in [0.25, 0.3) is 0 Å². The van der Waals surface area contributed by atoms with E-state index in [9.17, 15) is 18.3 Å². The minimum atomic E-state index is -4.06. The quantitative estimate of drug-likeness (QED) is 0.384. The van der Waals surface area contributed by atoms with Gasteiger partial charge in [0.1, 0.15) is 0 Å². The highest BCUT2D eigenvalue weighted by Gasteiger charge is 2.44. The van der Waals surface area contributed by atoms with Gasteiger partial charge >= 0.3 is 0 Å². The van der Waals surface area contributed by atoms with E-state index in [1.807, 2.05) is 32.2 Å². The molecule has 3 N–H and O–H groups in total. The van der Waals surface area contributed by atoms with E-state index in [0.29, 0.717) is 37.0 Å². The Hall–Kier alpha value is -2.21. The summed E-state index contributed by atoms with van der Waals surface area (Å²) in [6, 6.07) is 11.7. The molecule has 5 aliphatic rings. The number of methoxy groups -OCH3 is 1. The Balaban J connectivity index is 1.24. The van der Waals surface area contributed by atoms with E-state index in [1.165, 1.54) is 16.7 Å². The summed E-state index contributed by atoms with van der Waals surface area (Å²) in [6.07, 6.45) is 10.2. The molecular formula is C39H54ClN3O6S. The third-order valence-corrected chi connectivity index (χ3v) is 14.9. The summed E-state index contributed by atoms with van der Waals surface area (Å²) >= 11 is 6.48. The van der Waals surface area contributed by atoms with Gasteiger partial charge in [0.2, 0.25) is 10.0 Å². The predicted molar refractivity (Wildman–Crippen MR) is 196 cm³/mol. The number of amides is 1. The highest BCUT2D eigenvalue weighted by molar-refractivity contribution is 7.90. The predicted octanol–water partition coefficient (Wildman–Crippen LogP) is 5.40. The molecule has 7 rings (SSSR count). The fourth-order valence-electron chi connectivity index (χ4n) is 9.90. The molecule has 3 heterocycles. The first-order chi connectivity index (χ1) is 24.1. The third-order valence-electron chi connectivity index (χ3n) is 12.8. The van der Waals surface area contributed by atoms with Crippen LogP contribution in [0.15, 0.2) is 36.4 Å². The zero-order chi connectivity index (χ0) is 35.0. The van der Waals surface area contributed by atoms with Gasteiger partial charge in [-0.05, 0) is 123 Å². The number of rotatable bonds is 4. The average molecular weight is 728 g/mol. The van der Waals surface area contributed by atoms with Gasteiger partial charge in [0.25, 0.3) is 5.91 Å². The second-order valence-electron chi connectivity index (χ2n) is 15.9. The molecule has 0 aromatic heterocycles. The van der Waals surface area contributed by atoms with Gasteiger partial charge < -0.3 is 24.8 Å². The lowest BCUT2D eigenvalue weighted by atomic mass is 9.66. The number of carbonyl (C=O) groups excluding carboxylic acids is 1. The molecule has 1 saturated heterocycles. The van der Waals surface area contributed by atoms with Crippen molar-refractivity contribution in [3.63, 3.8) is 0 Å². The number of benzene rings is 2. The normalized spacial score (nSPS) is 34.5. The number of nitrogens with one attached hydrogen (secondary N) is 2. The van der Waals surface area contributed by atoms with Crippen LogP contribution in [0.3, 0.4) is 0 Å². The number of anilines is 1. The van der Waals surface area contributed by atoms with E-state index in [-0.39, 0.29) is 42.5 Å². The minimum absolute atomic E-state index is 0.0288. The Morgan fingerprint density at radius 3 is 2.64 bits per heavy atom. The number of carbonyl (C=O) groups is 1. The standard InChI is InChI=1S/C39H54ClN3O6S/c1-25-5-3-7-36(48-2)33-12-10-29(33)20-43-24-39(15-4-6-27-17-30(40)11-13-34(27)39)16-14-26-8-9-28(18-35(26)43)38(45)42-50(46,47)37(25)19-31-22-49-23-32(21-44)41-31/h8-9,11,13,17-18,25,29,31-33,36-37,41,44H,3-7,10,12,14-16,19-24H2,1-2H3,(H,42,45)/t25-,29-,31?,32+,33+,36?,37+,39+/m0/s1. The Bertz CT molecular complexity index is 1660. The van der Waals surface area contributed by atoms with Crippen LogP contribution in [-0.2, 0) is 37.8 Å². The minimum Gasteiger partial charge on any atom is -0.395 e. The van der Waals surface area contributed by atoms with Gasteiger partial charge in [-0.1, -0.05) is 37.1 Å². The summed E-state index contributed by atoms with van der Waals surface area (Å²) < 4.78 is 42.7. The molecule has 50 heavy (non-hydrogen) atoms. The van der Waals surface area contributed by atoms with Gasteiger partial charge in [-0.2, -0.15) is 0 Å². The summed E-state index contributed by atoms with van der Waals surface area (Å²) in [5.74, 6) is 0.124. The van der Waals surface area contributed by atoms with Crippen LogP contribution in [0.2, 0.25) is 5.02 Å². The van der Waals surface area contributed by atoms with Crippen LogP contribution < -0.4 is 14.9 Å². The first-order valence-corrected chi connectivity index (χ1v) is 20.7. The van der Waals surface area contributed by atoms with Crippen LogP contribution in [0, 0.1) is 17.8 Å². The van der Waals surface area contributed by atoms with E-state index >= 15 is 0 Å². The van der Waals surface area contributed by atoms with Crippen molar-refractivity contribution in [2.75, 3.05) is 44.9 Å². The molecule has 274 valence electrons. The molecule has 1 saturated carbocycles. The summed E-state index contributed by atoms with van der Waals surface area (Å²) in [6.45, 7) is 4.37. The summed E-state index contributed by atoms with van der Waals surface area (Å²) in [4.78, 5) is 16.5. The van der Waals surface area contributed by atoms with Crippen molar-refractivity contribution in [2.45, 2.75) is 106 Å². The molecule has 9 nitrogen and oxygen atoms in total. The Labute approximate surface area is 302 Å². The number of hydrogen-bond acceptors (Lipinski definition) is 8. The average Bonchev–Trinajstić information content (AvgIpc) is 3.24. The Kier molecular flexibility index (Phi) is 10.9. The van der Waals surface area contributed by atoms with Crippen LogP contribution in [0.4, 0.5) is 5.69 Å². The monoisotopic (exact) mass is 727 g/mol. The number of morpholine rings is 1.